The van der Waals surface area contributed by atoms with E-state index in [9.17, 15) is 22.4 Å². The topological polar surface area (TPSA) is 99.5 Å². The molecule has 3 rings (SSSR count). The van der Waals surface area contributed by atoms with Gasteiger partial charge in [-0.05, 0) is 49.4 Å². The highest BCUT2D eigenvalue weighted by Gasteiger charge is 2.38. The van der Waals surface area contributed by atoms with Crippen LogP contribution in [-0.2, 0) is 16.1 Å². The quantitative estimate of drug-likeness (QED) is 0.556. The van der Waals surface area contributed by atoms with Crippen molar-refractivity contribution < 1.29 is 37.4 Å². The molecule has 0 spiro atoms. The van der Waals surface area contributed by atoms with Crippen LogP contribution in [0.1, 0.15) is 31.2 Å². The molecule has 174 valence electrons. The van der Waals surface area contributed by atoms with E-state index in [0.29, 0.717) is 32.2 Å². The molecule has 6 nitrogen and oxygen atoms in total. The van der Waals surface area contributed by atoms with Crippen molar-refractivity contribution in [3.63, 3.8) is 0 Å². The lowest BCUT2D eigenvalue weighted by Crippen LogP contribution is -2.40. The molecule has 0 radical (unpaired) electrons. The van der Waals surface area contributed by atoms with Crippen molar-refractivity contribution in [1.29, 1.82) is 0 Å². The van der Waals surface area contributed by atoms with Gasteiger partial charge in [-0.1, -0.05) is 24.3 Å². The maximum atomic E-state index is 14.8. The van der Waals surface area contributed by atoms with Gasteiger partial charge in [0.1, 0.15) is 5.67 Å². The Morgan fingerprint density at radius 3 is 2.28 bits per heavy atom. The van der Waals surface area contributed by atoms with Gasteiger partial charge in [0.15, 0.2) is 0 Å². The molecule has 0 saturated heterocycles. The van der Waals surface area contributed by atoms with Crippen LogP contribution in [0.3, 0.4) is 0 Å². The number of benzene rings is 1. The molecule has 1 aliphatic carbocycles. The smallest absolute Gasteiger partial charge is 0.481 e. The molecule has 3 N–H and O–H groups in total. The van der Waals surface area contributed by atoms with E-state index in [4.69, 9.17) is 15.0 Å². The first kappa shape index (κ1) is 25.3. The lowest BCUT2D eigenvalue weighted by Gasteiger charge is -2.32. The number of aliphatic carboxylic acids is 2. The maximum Gasteiger partial charge on any atom is 0.490 e. The molecule has 1 aromatic heterocycles. The molecule has 32 heavy (non-hydrogen) atoms. The Kier molecular flexibility index (Phi) is 8.71. The SMILES string of the molecule is O=C(O)C(F)(F)F.O=C(O)C1CCC(F)(CNCc2cccc(-c3ccccn3)c2)CC1. The summed E-state index contributed by atoms with van der Waals surface area (Å²) in [4.78, 5) is 24.2. The van der Waals surface area contributed by atoms with Crippen LogP contribution in [0.2, 0.25) is 0 Å². The Hall–Kier alpha value is -3.01. The fraction of sp³-hybridized carbons (Fsp3) is 0.409. The molecule has 10 heteroatoms. The lowest BCUT2D eigenvalue weighted by atomic mass is 9.80. The minimum Gasteiger partial charge on any atom is -0.481 e. The van der Waals surface area contributed by atoms with Gasteiger partial charge < -0.3 is 15.5 Å². The summed E-state index contributed by atoms with van der Waals surface area (Å²) in [5.41, 5.74) is 1.73. The average Bonchev–Trinajstić information content (AvgIpc) is 2.74. The Morgan fingerprint density at radius 2 is 1.75 bits per heavy atom. The largest absolute Gasteiger partial charge is 0.490 e. The minimum atomic E-state index is -5.08. The van der Waals surface area contributed by atoms with Crippen molar-refractivity contribution in [2.24, 2.45) is 5.92 Å². The van der Waals surface area contributed by atoms with E-state index in [0.717, 1.165) is 16.8 Å². The predicted molar refractivity (Wildman–Crippen MR) is 109 cm³/mol. The van der Waals surface area contributed by atoms with Gasteiger partial charge in [-0.25, -0.2) is 9.18 Å². The summed E-state index contributed by atoms with van der Waals surface area (Å²) in [6, 6.07) is 13.8. The maximum absolute atomic E-state index is 14.8. The highest BCUT2D eigenvalue weighted by atomic mass is 19.4. The molecular weight excluding hydrogens is 432 g/mol. The van der Waals surface area contributed by atoms with Gasteiger partial charge in [-0.3, -0.25) is 9.78 Å². The molecule has 1 heterocycles. The number of nitrogens with one attached hydrogen (secondary N) is 1. The zero-order chi connectivity index (χ0) is 23.8. The molecule has 1 saturated carbocycles. The molecule has 0 amide bonds. The van der Waals surface area contributed by atoms with Crippen LogP contribution in [-0.4, -0.2) is 45.5 Å². The van der Waals surface area contributed by atoms with E-state index >= 15 is 0 Å². The Balaban J connectivity index is 0.000000451. The van der Waals surface area contributed by atoms with E-state index in [-0.39, 0.29) is 12.5 Å². The summed E-state index contributed by atoms with van der Waals surface area (Å²) in [6.07, 6.45) is -1.86. The Morgan fingerprint density at radius 1 is 1.09 bits per heavy atom. The second-order valence-electron chi connectivity index (χ2n) is 7.59. The van der Waals surface area contributed by atoms with Gasteiger partial charge in [-0.15, -0.1) is 0 Å². The zero-order valence-electron chi connectivity index (χ0n) is 17.1. The number of hydrogen-bond donors (Lipinski definition) is 3. The Labute approximate surface area is 182 Å². The molecule has 0 bridgehead atoms. The third-order valence-corrected chi connectivity index (χ3v) is 5.13. The second-order valence-corrected chi connectivity index (χ2v) is 7.59. The van der Waals surface area contributed by atoms with Crippen LogP contribution >= 0.6 is 0 Å². The van der Waals surface area contributed by atoms with Crippen LogP contribution in [0, 0.1) is 5.92 Å². The summed E-state index contributed by atoms with van der Waals surface area (Å²) in [6.45, 7) is 0.835. The van der Waals surface area contributed by atoms with E-state index in [1.54, 1.807) is 6.20 Å². The molecule has 1 aromatic carbocycles. The van der Waals surface area contributed by atoms with Crippen LogP contribution in [0.25, 0.3) is 11.3 Å². The van der Waals surface area contributed by atoms with Crippen LogP contribution < -0.4 is 5.32 Å². The molecule has 1 aliphatic rings. The first-order chi connectivity index (χ1) is 15.0. The number of alkyl halides is 4. The van der Waals surface area contributed by atoms with Gasteiger partial charge in [0.25, 0.3) is 0 Å². The van der Waals surface area contributed by atoms with Crippen molar-refractivity contribution in [3.05, 3.63) is 54.2 Å². The van der Waals surface area contributed by atoms with E-state index in [1.807, 2.05) is 36.4 Å². The van der Waals surface area contributed by atoms with Gasteiger partial charge >= 0.3 is 18.1 Å². The normalized spacial score (nSPS) is 20.7. The molecule has 0 unspecified atom stereocenters. The van der Waals surface area contributed by atoms with E-state index < -0.39 is 23.8 Å². The number of carboxylic acids is 2. The summed E-state index contributed by atoms with van der Waals surface area (Å²) in [5, 5.41) is 19.3. The van der Waals surface area contributed by atoms with E-state index in [1.165, 1.54) is 0 Å². The van der Waals surface area contributed by atoms with Crippen LogP contribution in [0.4, 0.5) is 17.6 Å². The van der Waals surface area contributed by atoms with Gasteiger partial charge in [0.05, 0.1) is 11.6 Å². The molecule has 2 aromatic rings. The van der Waals surface area contributed by atoms with Gasteiger partial charge in [0.2, 0.25) is 0 Å². The molecular formula is C22H24F4N2O4. The standard InChI is InChI=1S/C20H23FN2O2.C2HF3O2/c21-20(9-7-16(8-10-20)19(24)25)14-22-13-15-4-3-5-17(12-15)18-6-1-2-11-23-18;3-2(4,5)1(6)7/h1-6,11-12,16,22H,7-10,13-14H2,(H,24,25);(H,6,7). The number of carboxylic acid groups (broad SMARTS) is 2. The van der Waals surface area contributed by atoms with Crippen LogP contribution in [0.15, 0.2) is 48.7 Å². The number of carbonyl (C=O) groups is 2. The van der Waals surface area contributed by atoms with Crippen molar-refractivity contribution in [1.82, 2.24) is 10.3 Å². The van der Waals surface area contributed by atoms with Crippen molar-refractivity contribution in [2.45, 2.75) is 44.1 Å². The van der Waals surface area contributed by atoms with Crippen molar-refractivity contribution >= 4 is 11.9 Å². The predicted octanol–water partition coefficient (Wildman–Crippen LogP) is 4.45. The number of halogens is 4. The molecule has 0 aliphatic heterocycles. The molecule has 0 atom stereocenters. The number of rotatable bonds is 6. The number of aromatic nitrogens is 1. The van der Waals surface area contributed by atoms with Gasteiger partial charge in [-0.2, -0.15) is 13.2 Å². The Bertz CT molecular complexity index is 898. The molecule has 1 fully saturated rings. The first-order valence-electron chi connectivity index (χ1n) is 9.93. The lowest BCUT2D eigenvalue weighted by molar-refractivity contribution is -0.192. The highest BCUT2D eigenvalue weighted by Crippen LogP contribution is 2.35. The van der Waals surface area contributed by atoms with E-state index in [2.05, 4.69) is 16.4 Å². The summed E-state index contributed by atoms with van der Waals surface area (Å²) < 4.78 is 46.5. The highest BCUT2D eigenvalue weighted by molar-refractivity contribution is 5.73. The fourth-order valence-corrected chi connectivity index (χ4v) is 3.36. The summed E-state index contributed by atoms with van der Waals surface area (Å²) >= 11 is 0. The first-order valence-corrected chi connectivity index (χ1v) is 9.93. The number of hydrogen-bond acceptors (Lipinski definition) is 4. The number of pyridine rings is 1. The van der Waals surface area contributed by atoms with Crippen LogP contribution in [0.5, 0.6) is 0 Å². The number of nitrogens with zero attached hydrogens (tertiary/aromatic N) is 1. The van der Waals surface area contributed by atoms with Crippen molar-refractivity contribution in [3.8, 4) is 11.3 Å². The fourth-order valence-electron chi connectivity index (χ4n) is 3.36. The second kappa shape index (κ2) is 11.0. The third-order valence-electron chi connectivity index (χ3n) is 5.13. The van der Waals surface area contributed by atoms with Crippen molar-refractivity contribution in [2.75, 3.05) is 6.54 Å². The zero-order valence-corrected chi connectivity index (χ0v) is 17.1. The van der Waals surface area contributed by atoms with Gasteiger partial charge in [0, 0.05) is 24.8 Å². The summed E-state index contributed by atoms with van der Waals surface area (Å²) in [5.74, 6) is -3.95. The monoisotopic (exact) mass is 456 g/mol. The average molecular weight is 456 g/mol. The summed E-state index contributed by atoms with van der Waals surface area (Å²) in [7, 11) is 0. The minimum absolute atomic E-state index is 0.257. The third kappa shape index (κ3) is 7.92.